The molecule has 0 aliphatic rings. The Morgan fingerprint density at radius 1 is 1.43 bits per heavy atom. The second-order valence-corrected chi connectivity index (χ2v) is 1.21. The van der Waals surface area contributed by atoms with Crippen LogP contribution in [0.5, 0.6) is 0 Å². The van der Waals surface area contributed by atoms with E-state index in [0.29, 0.717) is 0 Å². The number of rotatable bonds is 2. The van der Waals surface area contributed by atoms with Gasteiger partial charge in [0.15, 0.2) is 0 Å². The molecule has 7 heteroatoms. The molecule has 0 aromatic carbocycles. The summed E-state index contributed by atoms with van der Waals surface area (Å²) in [5.74, 6) is 0. The van der Waals surface area contributed by atoms with E-state index in [2.05, 4.69) is 0 Å². The first kappa shape index (κ1) is 7.32. The van der Waals surface area contributed by atoms with Gasteiger partial charge in [0.05, 0.1) is 13.4 Å². The van der Waals surface area contributed by atoms with Crippen LogP contribution in [-0.4, -0.2) is 43.4 Å². The Labute approximate surface area is 48.6 Å². The van der Waals surface area contributed by atoms with Crippen LogP contribution in [-0.2, 0) is 0 Å². The van der Waals surface area contributed by atoms with Crippen molar-refractivity contribution in [1.82, 2.24) is 0 Å². The summed E-state index contributed by atoms with van der Waals surface area (Å²) in [5.41, 5.74) is 0. The molecule has 0 fully saturated rings. The summed E-state index contributed by atoms with van der Waals surface area (Å²) in [4.78, 5) is 0. The van der Waals surface area contributed by atoms with E-state index in [1.807, 2.05) is 0 Å². The number of hydrogen-bond acceptors (Lipinski definition) is 0. The largest absolute Gasteiger partial charge is 0.361 e. The quantitative estimate of drug-likeness (QED) is 0.344. The fraction of sp³-hybridized carbons (Fsp3) is 0. The maximum atomic E-state index is 11.8. The molecular formula is B6F. The van der Waals surface area contributed by atoms with Crippen LogP contribution < -0.4 is 0 Å². The monoisotopic (exact) mass is 85.1 g/mol. The van der Waals surface area contributed by atoms with Crippen molar-refractivity contribution in [3.63, 3.8) is 0 Å². The van der Waals surface area contributed by atoms with Gasteiger partial charge in [0.2, 0.25) is 6.77 Å². The minimum Gasteiger partial charge on any atom is -0.361 e. The summed E-state index contributed by atoms with van der Waals surface area (Å²) < 4.78 is 11.8. The molecule has 0 unspecified atom stereocenters. The van der Waals surface area contributed by atoms with Gasteiger partial charge in [-0.15, -0.1) is 0 Å². The molecule has 0 saturated heterocycles. The molecule has 0 spiro atoms. The zero-order chi connectivity index (χ0) is 5.86. The first-order valence-corrected chi connectivity index (χ1v) is 1.88. The highest BCUT2D eigenvalue weighted by molar-refractivity contribution is 7.70. The van der Waals surface area contributed by atoms with Crippen molar-refractivity contribution < 1.29 is 4.32 Å². The van der Waals surface area contributed by atoms with Gasteiger partial charge in [-0.05, 0) is 0 Å². The average Bonchev–Trinajstić information content (AvgIpc) is 1.65. The molecule has 0 heterocycles. The van der Waals surface area contributed by atoms with Crippen molar-refractivity contribution in [2.45, 2.75) is 0 Å². The maximum absolute atomic E-state index is 11.8. The van der Waals surface area contributed by atoms with E-state index >= 15 is 0 Å². The van der Waals surface area contributed by atoms with E-state index in [1.54, 1.807) is 0 Å². The van der Waals surface area contributed by atoms with Crippen LogP contribution in [0.15, 0.2) is 0 Å². The van der Waals surface area contributed by atoms with Gasteiger partial charge in [0.1, 0.15) is 0 Å². The summed E-state index contributed by atoms with van der Waals surface area (Å²) >= 11 is 0. The molecule has 0 saturated carbocycles. The lowest BCUT2D eigenvalue weighted by molar-refractivity contribution is 0.883. The highest BCUT2D eigenvalue weighted by Crippen LogP contribution is 1.77. The van der Waals surface area contributed by atoms with Crippen molar-refractivity contribution in [3.05, 3.63) is 0 Å². The Morgan fingerprint density at radius 3 is 1.86 bits per heavy atom. The van der Waals surface area contributed by atoms with Gasteiger partial charge in [0.25, 0.3) is 0 Å². The SMILES string of the molecule is [B][B]B(F)B([B])[B]. The Morgan fingerprint density at radius 2 is 1.86 bits per heavy atom. The van der Waals surface area contributed by atoms with Crippen LogP contribution in [0.1, 0.15) is 0 Å². The predicted molar refractivity (Wildman–Crippen MR) is 35.6 cm³/mol. The van der Waals surface area contributed by atoms with E-state index in [0.717, 1.165) is 7.06 Å². The summed E-state index contributed by atoms with van der Waals surface area (Å²) in [6.45, 7) is -1.39. The smallest absolute Gasteiger partial charge is 0.239 e. The Balaban J connectivity index is 3.14. The summed E-state index contributed by atoms with van der Waals surface area (Å²) in [6, 6.07) is 0. The first-order valence-electron chi connectivity index (χ1n) is 1.88. The van der Waals surface area contributed by atoms with Crippen LogP contribution in [0.2, 0.25) is 0 Å². The third kappa shape index (κ3) is 2.95. The van der Waals surface area contributed by atoms with E-state index in [1.165, 1.54) is 0 Å². The van der Waals surface area contributed by atoms with Gasteiger partial charge in [-0.1, -0.05) is 0 Å². The van der Waals surface area contributed by atoms with Crippen molar-refractivity contribution in [1.29, 1.82) is 0 Å². The normalized spacial score (nSPS) is 7.57. The lowest BCUT2D eigenvalue weighted by Gasteiger charge is -1.99. The highest BCUT2D eigenvalue weighted by atomic mass is 19.1. The highest BCUT2D eigenvalue weighted by Gasteiger charge is 2.14. The van der Waals surface area contributed by atoms with E-state index in [4.69, 9.17) is 23.2 Å². The van der Waals surface area contributed by atoms with Gasteiger partial charge >= 0.3 is 0 Å². The van der Waals surface area contributed by atoms with Gasteiger partial charge in [-0.25, -0.2) is 0 Å². The van der Waals surface area contributed by atoms with Crippen molar-refractivity contribution >= 4 is 43.4 Å². The van der Waals surface area contributed by atoms with Crippen LogP contribution in [0.25, 0.3) is 0 Å². The molecule has 7 heavy (non-hydrogen) atoms. The molecule has 0 amide bonds. The van der Waals surface area contributed by atoms with E-state index < -0.39 is 13.2 Å². The van der Waals surface area contributed by atoms with E-state index in [-0.39, 0.29) is 0 Å². The van der Waals surface area contributed by atoms with Gasteiger partial charge in [-0.3, -0.25) is 0 Å². The molecule has 0 aliphatic heterocycles. The summed E-state index contributed by atoms with van der Waals surface area (Å²) in [6.07, 6.45) is -0.981. The van der Waals surface area contributed by atoms with Crippen LogP contribution >= 0.6 is 0 Å². The third-order valence-electron chi connectivity index (χ3n) is 0.552. The van der Waals surface area contributed by atoms with Crippen molar-refractivity contribution in [3.8, 4) is 0 Å². The van der Waals surface area contributed by atoms with Crippen molar-refractivity contribution in [2.24, 2.45) is 0 Å². The molecule has 0 aromatic rings. The molecule has 0 bridgehead atoms. The van der Waals surface area contributed by atoms with Crippen LogP contribution in [0.4, 0.5) is 4.32 Å². The molecular weight excluding hydrogens is 83.9 g/mol. The molecule has 0 N–H and O–H groups in total. The van der Waals surface area contributed by atoms with Gasteiger partial charge in [0, 0.05) is 23.2 Å². The molecule has 0 aliphatic carbocycles. The molecule has 0 aromatic heterocycles. The first-order chi connectivity index (χ1) is 3.18. The second-order valence-electron chi connectivity index (χ2n) is 1.21. The standard InChI is InChI=1S/B6F/c1-4-6(7)5(2)3. The fourth-order valence-corrected chi connectivity index (χ4v) is 0.128. The third-order valence-corrected chi connectivity index (χ3v) is 0.552. The maximum Gasteiger partial charge on any atom is 0.239 e. The zero-order valence-corrected chi connectivity index (χ0v) is 3.84. The minimum atomic E-state index is -1.39. The average molecular weight is 83.9 g/mol. The summed E-state index contributed by atoms with van der Waals surface area (Å²) in [5, 5.41) is 0. The molecule has 0 nitrogen and oxygen atoms in total. The van der Waals surface area contributed by atoms with Crippen molar-refractivity contribution in [2.75, 3.05) is 0 Å². The molecule has 7 radical (unpaired) electrons. The molecule has 0 atom stereocenters. The number of hydrogen-bond donors (Lipinski definition) is 0. The summed E-state index contributed by atoms with van der Waals surface area (Å²) in [7, 11) is 15.2. The van der Waals surface area contributed by atoms with Gasteiger partial charge in [-0.2, -0.15) is 0 Å². The Kier molecular flexibility index (Phi) is 3.49. The zero-order valence-electron chi connectivity index (χ0n) is 3.84. The fourth-order valence-electron chi connectivity index (χ4n) is 0.128. The minimum absolute atomic E-state index is 0.824. The molecule has 0 rings (SSSR count). The number of halogens is 1. The lowest BCUT2D eigenvalue weighted by Crippen LogP contribution is -2.39. The van der Waals surface area contributed by atoms with E-state index in [9.17, 15) is 4.32 Å². The lowest BCUT2D eigenvalue weighted by atomic mass is 8.88. The second kappa shape index (κ2) is 3.34. The molecule has 25 valence electrons. The Bertz CT molecular complexity index is 41.4. The van der Waals surface area contributed by atoms with Gasteiger partial charge < -0.3 is 4.32 Å². The van der Waals surface area contributed by atoms with Crippen LogP contribution in [0.3, 0.4) is 0 Å². The Hall–Kier alpha value is 0.320. The van der Waals surface area contributed by atoms with Crippen LogP contribution in [0, 0.1) is 0 Å². The predicted octanol–water partition coefficient (Wildman–Crippen LogP) is -1.86. The topological polar surface area (TPSA) is 0 Å².